The standard InChI is InChI=1S/C11H13N5O2/c1-3-7(17)6-5-13-9-8(14-6)10(18-4-2)16-11(12)15-9/h5H,3-4H2,1-2H3,(H2,12,13,15,16). The van der Waals surface area contributed by atoms with Gasteiger partial charge < -0.3 is 10.5 Å². The summed E-state index contributed by atoms with van der Waals surface area (Å²) in [5.41, 5.74) is 6.49. The van der Waals surface area contributed by atoms with Gasteiger partial charge in [-0.15, -0.1) is 0 Å². The summed E-state index contributed by atoms with van der Waals surface area (Å²) in [6.45, 7) is 3.99. The minimum absolute atomic E-state index is 0.0646. The van der Waals surface area contributed by atoms with Gasteiger partial charge in [-0.05, 0) is 6.92 Å². The molecule has 0 aliphatic carbocycles. The van der Waals surface area contributed by atoms with Gasteiger partial charge in [0.1, 0.15) is 5.69 Å². The van der Waals surface area contributed by atoms with Gasteiger partial charge in [-0.2, -0.15) is 9.97 Å². The molecule has 0 radical (unpaired) electrons. The molecule has 0 amide bonds. The molecule has 2 aromatic rings. The minimum Gasteiger partial charge on any atom is -0.476 e. The monoisotopic (exact) mass is 247 g/mol. The topological polar surface area (TPSA) is 104 Å². The molecule has 0 unspecified atom stereocenters. The zero-order valence-electron chi connectivity index (χ0n) is 10.2. The van der Waals surface area contributed by atoms with Crippen molar-refractivity contribution < 1.29 is 9.53 Å². The third-order valence-corrected chi connectivity index (χ3v) is 2.28. The summed E-state index contributed by atoms with van der Waals surface area (Å²) in [6, 6.07) is 0. The van der Waals surface area contributed by atoms with E-state index in [0.717, 1.165) is 0 Å². The van der Waals surface area contributed by atoms with E-state index in [2.05, 4.69) is 19.9 Å². The fraction of sp³-hybridized carbons (Fsp3) is 0.364. The second kappa shape index (κ2) is 4.91. The minimum atomic E-state index is -0.0938. The molecular formula is C11H13N5O2. The molecule has 0 saturated heterocycles. The third kappa shape index (κ3) is 2.20. The number of ether oxygens (including phenoxy) is 1. The van der Waals surface area contributed by atoms with Gasteiger partial charge in [-0.1, -0.05) is 6.92 Å². The lowest BCUT2D eigenvalue weighted by Gasteiger charge is -2.06. The molecule has 2 heterocycles. The van der Waals surface area contributed by atoms with E-state index in [1.165, 1.54) is 6.20 Å². The van der Waals surface area contributed by atoms with Crippen LogP contribution < -0.4 is 10.5 Å². The fourth-order valence-corrected chi connectivity index (χ4v) is 1.45. The van der Waals surface area contributed by atoms with Gasteiger partial charge in [0.2, 0.25) is 11.8 Å². The molecule has 0 saturated carbocycles. The summed E-state index contributed by atoms with van der Waals surface area (Å²) in [5, 5.41) is 0. The Kier molecular flexibility index (Phi) is 3.31. The lowest BCUT2D eigenvalue weighted by molar-refractivity contribution is 0.0983. The maximum Gasteiger partial charge on any atom is 0.247 e. The van der Waals surface area contributed by atoms with Crippen LogP contribution in [0.2, 0.25) is 0 Å². The van der Waals surface area contributed by atoms with Crippen LogP contribution in [0.25, 0.3) is 11.2 Å². The van der Waals surface area contributed by atoms with Gasteiger partial charge >= 0.3 is 0 Å². The van der Waals surface area contributed by atoms with Crippen LogP contribution in [-0.4, -0.2) is 32.3 Å². The number of rotatable bonds is 4. The van der Waals surface area contributed by atoms with Gasteiger partial charge in [0.05, 0.1) is 12.8 Å². The second-order valence-corrected chi connectivity index (χ2v) is 3.52. The summed E-state index contributed by atoms with van der Waals surface area (Å²) in [5.74, 6) is 0.219. The van der Waals surface area contributed by atoms with Crippen LogP contribution in [0, 0.1) is 0 Å². The van der Waals surface area contributed by atoms with Gasteiger partial charge in [-0.25, -0.2) is 9.97 Å². The van der Waals surface area contributed by atoms with Crippen molar-refractivity contribution >= 4 is 22.9 Å². The number of nitrogens with two attached hydrogens (primary N) is 1. The van der Waals surface area contributed by atoms with E-state index < -0.39 is 0 Å². The fourth-order valence-electron chi connectivity index (χ4n) is 1.45. The third-order valence-electron chi connectivity index (χ3n) is 2.28. The lowest BCUT2D eigenvalue weighted by atomic mass is 10.2. The van der Waals surface area contributed by atoms with E-state index in [0.29, 0.717) is 24.2 Å². The van der Waals surface area contributed by atoms with Gasteiger partial charge in [0.15, 0.2) is 16.9 Å². The predicted octanol–water partition coefficient (Wildman–Crippen LogP) is 0.993. The molecule has 0 aliphatic rings. The van der Waals surface area contributed by atoms with Crippen LogP contribution in [0.1, 0.15) is 30.8 Å². The Labute approximate surface area is 103 Å². The molecule has 0 atom stereocenters. The first kappa shape index (κ1) is 12.2. The summed E-state index contributed by atoms with van der Waals surface area (Å²) in [7, 11) is 0. The number of carbonyl (C=O) groups is 1. The molecule has 94 valence electrons. The Hall–Kier alpha value is -2.31. The molecule has 2 N–H and O–H groups in total. The van der Waals surface area contributed by atoms with Crippen LogP contribution in [0.5, 0.6) is 5.88 Å². The smallest absolute Gasteiger partial charge is 0.247 e. The Morgan fingerprint density at radius 2 is 2.11 bits per heavy atom. The summed E-state index contributed by atoms with van der Waals surface area (Å²) in [6.07, 6.45) is 1.75. The van der Waals surface area contributed by atoms with Crippen molar-refractivity contribution in [1.82, 2.24) is 19.9 Å². The molecule has 2 aromatic heterocycles. The Bertz CT molecular complexity index is 599. The Balaban J connectivity index is 2.62. The Morgan fingerprint density at radius 1 is 1.33 bits per heavy atom. The molecule has 0 spiro atoms. The molecule has 0 aromatic carbocycles. The summed E-state index contributed by atoms with van der Waals surface area (Å²) in [4.78, 5) is 27.7. The first-order valence-electron chi connectivity index (χ1n) is 5.62. The number of nitrogen functional groups attached to an aromatic ring is 1. The zero-order chi connectivity index (χ0) is 13.1. The molecule has 7 nitrogen and oxygen atoms in total. The number of hydrogen-bond acceptors (Lipinski definition) is 7. The molecule has 0 bridgehead atoms. The van der Waals surface area contributed by atoms with E-state index in [1.807, 2.05) is 6.92 Å². The molecule has 7 heteroatoms. The lowest BCUT2D eigenvalue weighted by Crippen LogP contribution is -2.07. The van der Waals surface area contributed by atoms with Crippen LogP contribution in [0.3, 0.4) is 0 Å². The normalized spacial score (nSPS) is 10.6. The summed E-state index contributed by atoms with van der Waals surface area (Å²) < 4.78 is 5.32. The largest absolute Gasteiger partial charge is 0.476 e. The molecule has 2 rings (SSSR count). The number of carbonyl (C=O) groups excluding carboxylic acids is 1. The SMILES string of the molecule is CCOc1nc(N)nc2ncc(C(=O)CC)nc12. The first-order valence-corrected chi connectivity index (χ1v) is 5.62. The highest BCUT2D eigenvalue weighted by atomic mass is 16.5. The quantitative estimate of drug-likeness (QED) is 0.803. The predicted molar refractivity (Wildman–Crippen MR) is 65.3 cm³/mol. The molecule has 0 aliphatic heterocycles. The average molecular weight is 247 g/mol. The van der Waals surface area contributed by atoms with E-state index in [9.17, 15) is 4.79 Å². The van der Waals surface area contributed by atoms with Crippen molar-refractivity contribution in [1.29, 1.82) is 0 Å². The van der Waals surface area contributed by atoms with Crippen LogP contribution in [0.15, 0.2) is 6.20 Å². The van der Waals surface area contributed by atoms with Crippen molar-refractivity contribution in [3.63, 3.8) is 0 Å². The van der Waals surface area contributed by atoms with Crippen LogP contribution >= 0.6 is 0 Å². The zero-order valence-corrected chi connectivity index (χ0v) is 10.2. The number of aromatic nitrogens is 4. The number of anilines is 1. The molecule has 18 heavy (non-hydrogen) atoms. The van der Waals surface area contributed by atoms with Crippen molar-refractivity contribution in [3.8, 4) is 5.88 Å². The number of hydrogen-bond donors (Lipinski definition) is 1. The van der Waals surface area contributed by atoms with E-state index in [1.54, 1.807) is 6.92 Å². The van der Waals surface area contributed by atoms with E-state index in [-0.39, 0.29) is 23.3 Å². The van der Waals surface area contributed by atoms with Crippen molar-refractivity contribution in [2.24, 2.45) is 0 Å². The van der Waals surface area contributed by atoms with Crippen molar-refractivity contribution in [2.75, 3.05) is 12.3 Å². The maximum absolute atomic E-state index is 11.6. The number of fused-ring (bicyclic) bond motifs is 1. The number of nitrogens with zero attached hydrogens (tertiary/aromatic N) is 4. The highest BCUT2D eigenvalue weighted by Crippen LogP contribution is 2.20. The molecular weight excluding hydrogens is 234 g/mol. The van der Waals surface area contributed by atoms with Gasteiger partial charge in [-0.3, -0.25) is 4.79 Å². The number of Topliss-reactive ketones (excluding diaryl/α,β-unsaturated/α-hetero) is 1. The highest BCUT2D eigenvalue weighted by molar-refractivity contribution is 5.95. The summed E-state index contributed by atoms with van der Waals surface area (Å²) >= 11 is 0. The van der Waals surface area contributed by atoms with Gasteiger partial charge in [0.25, 0.3) is 0 Å². The van der Waals surface area contributed by atoms with Crippen molar-refractivity contribution in [3.05, 3.63) is 11.9 Å². The highest BCUT2D eigenvalue weighted by Gasteiger charge is 2.13. The maximum atomic E-state index is 11.6. The van der Waals surface area contributed by atoms with E-state index >= 15 is 0 Å². The van der Waals surface area contributed by atoms with Crippen molar-refractivity contribution in [2.45, 2.75) is 20.3 Å². The average Bonchev–Trinajstić information content (AvgIpc) is 2.37. The van der Waals surface area contributed by atoms with Crippen LogP contribution in [-0.2, 0) is 0 Å². The Morgan fingerprint density at radius 3 is 2.78 bits per heavy atom. The number of ketones is 1. The van der Waals surface area contributed by atoms with Gasteiger partial charge in [0, 0.05) is 6.42 Å². The molecule has 0 fully saturated rings. The van der Waals surface area contributed by atoms with E-state index in [4.69, 9.17) is 10.5 Å². The van der Waals surface area contributed by atoms with Crippen LogP contribution in [0.4, 0.5) is 5.95 Å². The second-order valence-electron chi connectivity index (χ2n) is 3.52. The first-order chi connectivity index (χ1) is 8.65.